The SMILES string of the molecule is NS(=O)(=O)c1ccc(-c2nc(Cc3ccccc3)oc2-c2ccc(F)c(F)c2)cc1. The number of halogens is 2. The van der Waals surface area contributed by atoms with Crippen molar-refractivity contribution in [1.29, 1.82) is 0 Å². The fraction of sp³-hybridized carbons (Fsp3) is 0.0455. The molecule has 4 rings (SSSR count). The number of hydrogen-bond acceptors (Lipinski definition) is 4. The first-order valence-corrected chi connectivity index (χ1v) is 10.5. The fourth-order valence-electron chi connectivity index (χ4n) is 3.04. The van der Waals surface area contributed by atoms with Crippen molar-refractivity contribution in [2.24, 2.45) is 5.14 Å². The van der Waals surface area contributed by atoms with E-state index in [4.69, 9.17) is 9.56 Å². The molecule has 152 valence electrons. The molecule has 30 heavy (non-hydrogen) atoms. The predicted octanol–water partition coefficient (Wildman–Crippen LogP) is 4.53. The Labute approximate surface area is 171 Å². The van der Waals surface area contributed by atoms with Gasteiger partial charge in [-0.3, -0.25) is 0 Å². The van der Waals surface area contributed by atoms with E-state index in [1.54, 1.807) is 0 Å². The minimum atomic E-state index is -3.85. The van der Waals surface area contributed by atoms with E-state index >= 15 is 0 Å². The molecule has 0 aliphatic carbocycles. The van der Waals surface area contributed by atoms with Crippen LogP contribution in [0.5, 0.6) is 0 Å². The topological polar surface area (TPSA) is 86.2 Å². The van der Waals surface area contributed by atoms with Crippen LogP contribution in [-0.4, -0.2) is 13.4 Å². The predicted molar refractivity (Wildman–Crippen MR) is 108 cm³/mol. The number of rotatable bonds is 5. The van der Waals surface area contributed by atoms with Gasteiger partial charge in [-0.05, 0) is 35.9 Å². The molecule has 0 saturated heterocycles. The zero-order valence-electron chi connectivity index (χ0n) is 15.5. The van der Waals surface area contributed by atoms with Crippen molar-refractivity contribution in [2.75, 3.05) is 0 Å². The van der Waals surface area contributed by atoms with Crippen LogP contribution in [0.1, 0.15) is 11.5 Å². The van der Waals surface area contributed by atoms with Crippen LogP contribution in [0.25, 0.3) is 22.6 Å². The number of sulfonamides is 1. The van der Waals surface area contributed by atoms with Gasteiger partial charge < -0.3 is 4.42 Å². The number of primary sulfonamides is 1. The lowest BCUT2D eigenvalue weighted by Crippen LogP contribution is -2.11. The zero-order chi connectivity index (χ0) is 21.3. The van der Waals surface area contributed by atoms with Crippen LogP contribution in [0.15, 0.2) is 82.1 Å². The molecule has 3 aromatic carbocycles. The highest BCUT2D eigenvalue weighted by molar-refractivity contribution is 7.89. The van der Waals surface area contributed by atoms with Crippen molar-refractivity contribution in [3.63, 3.8) is 0 Å². The van der Waals surface area contributed by atoms with E-state index in [1.807, 2.05) is 30.3 Å². The Balaban J connectivity index is 1.81. The van der Waals surface area contributed by atoms with Crippen molar-refractivity contribution in [2.45, 2.75) is 11.3 Å². The molecule has 0 atom stereocenters. The molecule has 0 spiro atoms. The summed E-state index contributed by atoms with van der Waals surface area (Å²) in [5.74, 6) is -1.35. The van der Waals surface area contributed by atoms with Crippen LogP contribution in [0, 0.1) is 11.6 Å². The second kappa shape index (κ2) is 7.81. The molecule has 0 saturated carbocycles. The molecular formula is C22H16F2N2O3S. The van der Waals surface area contributed by atoms with E-state index < -0.39 is 21.7 Å². The molecule has 1 aromatic heterocycles. The summed E-state index contributed by atoms with van der Waals surface area (Å²) in [6.07, 6.45) is 0.396. The van der Waals surface area contributed by atoms with E-state index in [1.165, 1.54) is 30.3 Å². The van der Waals surface area contributed by atoms with Crippen LogP contribution < -0.4 is 5.14 Å². The number of nitrogens with two attached hydrogens (primary N) is 1. The van der Waals surface area contributed by atoms with Gasteiger partial charge in [-0.2, -0.15) is 0 Å². The summed E-state index contributed by atoms with van der Waals surface area (Å²) >= 11 is 0. The Hall–Kier alpha value is -3.36. The quantitative estimate of drug-likeness (QED) is 0.508. The van der Waals surface area contributed by atoms with Gasteiger partial charge in [0, 0.05) is 17.5 Å². The summed E-state index contributed by atoms with van der Waals surface area (Å²) in [7, 11) is -3.85. The molecular weight excluding hydrogens is 410 g/mol. The van der Waals surface area contributed by atoms with Crippen molar-refractivity contribution >= 4 is 10.0 Å². The number of nitrogens with zero attached hydrogens (tertiary/aromatic N) is 1. The van der Waals surface area contributed by atoms with Gasteiger partial charge in [0.25, 0.3) is 0 Å². The van der Waals surface area contributed by atoms with Gasteiger partial charge in [0.05, 0.1) is 4.90 Å². The Kier molecular flexibility index (Phi) is 5.19. The van der Waals surface area contributed by atoms with E-state index in [0.29, 0.717) is 29.1 Å². The molecule has 1 heterocycles. The summed E-state index contributed by atoms with van der Waals surface area (Å²) in [6.45, 7) is 0. The highest BCUT2D eigenvalue weighted by Crippen LogP contribution is 2.34. The highest BCUT2D eigenvalue weighted by atomic mass is 32.2. The largest absolute Gasteiger partial charge is 0.440 e. The minimum absolute atomic E-state index is 0.0476. The molecule has 0 amide bonds. The minimum Gasteiger partial charge on any atom is -0.440 e. The Bertz CT molecular complexity index is 1300. The summed E-state index contributed by atoms with van der Waals surface area (Å²) in [4.78, 5) is 4.48. The average molecular weight is 426 g/mol. The normalized spacial score (nSPS) is 11.6. The van der Waals surface area contributed by atoms with Crippen molar-refractivity contribution in [3.05, 3.63) is 95.9 Å². The van der Waals surface area contributed by atoms with Gasteiger partial charge >= 0.3 is 0 Å². The molecule has 0 radical (unpaired) electrons. The summed E-state index contributed by atoms with van der Waals surface area (Å²) in [5, 5.41) is 5.15. The van der Waals surface area contributed by atoms with Gasteiger partial charge in [0.1, 0.15) is 5.69 Å². The summed E-state index contributed by atoms with van der Waals surface area (Å²) < 4.78 is 56.1. The lowest BCUT2D eigenvalue weighted by Gasteiger charge is -2.04. The highest BCUT2D eigenvalue weighted by Gasteiger charge is 2.19. The van der Waals surface area contributed by atoms with Crippen molar-refractivity contribution in [1.82, 2.24) is 4.98 Å². The lowest BCUT2D eigenvalue weighted by molar-refractivity contribution is 0.504. The zero-order valence-corrected chi connectivity index (χ0v) is 16.4. The molecule has 0 fully saturated rings. The Morgan fingerprint density at radius 3 is 2.17 bits per heavy atom. The van der Waals surface area contributed by atoms with Gasteiger partial charge in [0.2, 0.25) is 10.0 Å². The Morgan fingerprint density at radius 1 is 0.867 bits per heavy atom. The Morgan fingerprint density at radius 2 is 1.53 bits per heavy atom. The van der Waals surface area contributed by atoms with Gasteiger partial charge in [-0.25, -0.2) is 27.3 Å². The van der Waals surface area contributed by atoms with Crippen LogP contribution in [-0.2, 0) is 16.4 Å². The number of benzene rings is 3. The third-order valence-corrected chi connectivity index (χ3v) is 5.44. The maximum atomic E-state index is 13.8. The van der Waals surface area contributed by atoms with Crippen LogP contribution >= 0.6 is 0 Å². The fourth-order valence-corrected chi connectivity index (χ4v) is 3.56. The summed E-state index contributed by atoms with van der Waals surface area (Å²) in [5.41, 5.74) is 2.20. The molecule has 0 bridgehead atoms. The third kappa shape index (κ3) is 4.14. The molecule has 2 N–H and O–H groups in total. The first-order valence-electron chi connectivity index (χ1n) is 8.93. The maximum Gasteiger partial charge on any atom is 0.238 e. The first-order chi connectivity index (χ1) is 14.3. The van der Waals surface area contributed by atoms with E-state index in [9.17, 15) is 17.2 Å². The van der Waals surface area contributed by atoms with E-state index in [-0.39, 0.29) is 10.7 Å². The smallest absolute Gasteiger partial charge is 0.238 e. The summed E-state index contributed by atoms with van der Waals surface area (Å²) in [6, 6.07) is 18.7. The first kappa shape index (κ1) is 19.9. The number of oxazole rings is 1. The molecule has 5 nitrogen and oxygen atoms in total. The molecule has 0 aliphatic rings. The monoisotopic (exact) mass is 426 g/mol. The second-order valence-electron chi connectivity index (χ2n) is 6.65. The maximum absolute atomic E-state index is 13.8. The van der Waals surface area contributed by atoms with Crippen LogP contribution in [0.3, 0.4) is 0 Å². The second-order valence-corrected chi connectivity index (χ2v) is 8.21. The van der Waals surface area contributed by atoms with E-state index in [0.717, 1.165) is 17.7 Å². The average Bonchev–Trinajstić information content (AvgIpc) is 3.14. The standard InChI is InChI=1S/C22H16F2N2O3S/c23-18-11-8-16(13-19(18)24)22-21(15-6-9-17(10-7-15)30(25,27)28)26-20(29-22)12-14-4-2-1-3-5-14/h1-11,13H,12H2,(H2,25,27,28). The van der Waals surface area contributed by atoms with Crippen molar-refractivity contribution in [3.8, 4) is 22.6 Å². The van der Waals surface area contributed by atoms with Gasteiger partial charge in [-0.15, -0.1) is 0 Å². The van der Waals surface area contributed by atoms with Gasteiger partial charge in [0.15, 0.2) is 23.3 Å². The van der Waals surface area contributed by atoms with Crippen LogP contribution in [0.4, 0.5) is 8.78 Å². The van der Waals surface area contributed by atoms with E-state index in [2.05, 4.69) is 4.98 Å². The van der Waals surface area contributed by atoms with Gasteiger partial charge in [-0.1, -0.05) is 42.5 Å². The molecule has 0 unspecified atom stereocenters. The third-order valence-electron chi connectivity index (χ3n) is 4.51. The lowest BCUT2D eigenvalue weighted by atomic mass is 10.1. The molecule has 0 aliphatic heterocycles. The molecule has 4 aromatic rings. The number of aromatic nitrogens is 1. The number of hydrogen-bond donors (Lipinski definition) is 1. The van der Waals surface area contributed by atoms with Crippen molar-refractivity contribution < 1.29 is 21.6 Å². The van der Waals surface area contributed by atoms with Crippen LogP contribution in [0.2, 0.25) is 0 Å². The molecule has 8 heteroatoms.